The molecular formula is C32H28N4O2S. The zero-order valence-electron chi connectivity index (χ0n) is 21.7. The summed E-state index contributed by atoms with van der Waals surface area (Å²) in [5.74, 6) is 1.79. The van der Waals surface area contributed by atoms with Gasteiger partial charge in [-0.3, -0.25) is 4.98 Å². The second-order valence-corrected chi connectivity index (χ2v) is 9.97. The molecule has 1 fully saturated rings. The van der Waals surface area contributed by atoms with Gasteiger partial charge in [0.1, 0.15) is 17.2 Å². The van der Waals surface area contributed by atoms with Crippen LogP contribution in [0.5, 0.6) is 17.2 Å². The number of benzene rings is 3. The first-order valence-corrected chi connectivity index (χ1v) is 13.2. The molecular weight excluding hydrogens is 504 g/mol. The molecule has 2 N–H and O–H groups in total. The molecule has 0 spiro atoms. The number of para-hydroxylation sites is 1. The quantitative estimate of drug-likeness (QED) is 0.226. The second-order valence-electron chi connectivity index (χ2n) is 9.58. The number of pyridine rings is 1. The summed E-state index contributed by atoms with van der Waals surface area (Å²) in [5, 5.41) is 14.0. The zero-order valence-corrected chi connectivity index (χ0v) is 22.5. The number of hydrogen-bond donors (Lipinski definition) is 2. The molecule has 6 nitrogen and oxygen atoms in total. The summed E-state index contributed by atoms with van der Waals surface area (Å²) in [5.41, 5.74) is 6.22. The molecule has 6 rings (SSSR count). The van der Waals surface area contributed by atoms with Gasteiger partial charge in [-0.25, -0.2) is 0 Å². The van der Waals surface area contributed by atoms with Crippen molar-refractivity contribution in [2.24, 2.45) is 0 Å². The first kappa shape index (κ1) is 24.7. The molecule has 2 atom stereocenters. The number of phenols is 1. The van der Waals surface area contributed by atoms with Gasteiger partial charge >= 0.3 is 0 Å². The number of aromatic hydroxyl groups is 1. The molecule has 0 unspecified atom stereocenters. The maximum absolute atomic E-state index is 9.82. The van der Waals surface area contributed by atoms with Crippen molar-refractivity contribution in [2.75, 3.05) is 4.90 Å². The van der Waals surface area contributed by atoms with Crippen LogP contribution in [0.3, 0.4) is 0 Å². The molecule has 1 saturated heterocycles. The van der Waals surface area contributed by atoms with Crippen LogP contribution in [0.15, 0.2) is 109 Å². The Morgan fingerprint density at radius 2 is 1.49 bits per heavy atom. The van der Waals surface area contributed by atoms with Gasteiger partial charge < -0.3 is 24.6 Å². The Kier molecular flexibility index (Phi) is 6.50. The lowest BCUT2D eigenvalue weighted by molar-refractivity contribution is 0.475. The van der Waals surface area contributed by atoms with E-state index in [1.165, 1.54) is 0 Å². The normalized spacial score (nSPS) is 16.8. The van der Waals surface area contributed by atoms with E-state index in [-0.39, 0.29) is 17.8 Å². The Balaban J connectivity index is 1.41. The van der Waals surface area contributed by atoms with Gasteiger partial charge in [0.2, 0.25) is 0 Å². The molecule has 1 aliphatic heterocycles. The van der Waals surface area contributed by atoms with E-state index in [0.717, 1.165) is 45.5 Å². The van der Waals surface area contributed by atoms with Crippen LogP contribution in [0.4, 0.5) is 5.69 Å². The summed E-state index contributed by atoms with van der Waals surface area (Å²) >= 11 is 5.93. The molecule has 3 heterocycles. The van der Waals surface area contributed by atoms with E-state index in [0.29, 0.717) is 5.11 Å². The van der Waals surface area contributed by atoms with Crippen LogP contribution in [0.25, 0.3) is 5.69 Å². The monoisotopic (exact) mass is 532 g/mol. The highest BCUT2D eigenvalue weighted by Gasteiger charge is 2.42. The van der Waals surface area contributed by atoms with Crippen LogP contribution >= 0.6 is 12.2 Å². The number of ether oxygens (including phenoxy) is 1. The number of anilines is 1. The number of hydrogen-bond acceptors (Lipinski definition) is 4. The molecule has 7 heteroatoms. The average molecular weight is 533 g/mol. The molecule has 0 aliphatic carbocycles. The first-order chi connectivity index (χ1) is 19.0. The van der Waals surface area contributed by atoms with Crippen molar-refractivity contribution >= 4 is 23.0 Å². The molecule has 1 aliphatic rings. The van der Waals surface area contributed by atoms with Crippen LogP contribution in [0, 0.1) is 13.8 Å². The Morgan fingerprint density at radius 1 is 0.821 bits per heavy atom. The average Bonchev–Trinajstić information content (AvgIpc) is 3.45. The zero-order chi connectivity index (χ0) is 26.9. The number of aromatic nitrogens is 2. The third-order valence-electron chi connectivity index (χ3n) is 7.09. The van der Waals surface area contributed by atoms with E-state index in [1.54, 1.807) is 12.1 Å². The number of rotatable bonds is 6. The largest absolute Gasteiger partial charge is 0.508 e. The van der Waals surface area contributed by atoms with E-state index in [2.05, 4.69) is 39.7 Å². The van der Waals surface area contributed by atoms with E-state index in [4.69, 9.17) is 17.0 Å². The predicted octanol–water partition coefficient (Wildman–Crippen LogP) is 7.16. The predicted molar refractivity (Wildman–Crippen MR) is 158 cm³/mol. The molecule has 0 saturated carbocycles. The van der Waals surface area contributed by atoms with Gasteiger partial charge in [0.15, 0.2) is 5.11 Å². The molecule has 0 bridgehead atoms. The minimum atomic E-state index is -0.146. The highest BCUT2D eigenvalue weighted by atomic mass is 32.1. The van der Waals surface area contributed by atoms with Crippen molar-refractivity contribution in [2.45, 2.75) is 25.9 Å². The van der Waals surface area contributed by atoms with Gasteiger partial charge in [0.25, 0.3) is 0 Å². The minimum Gasteiger partial charge on any atom is -0.508 e. The fourth-order valence-corrected chi connectivity index (χ4v) is 5.68. The molecule has 0 radical (unpaired) electrons. The maximum atomic E-state index is 9.82. The van der Waals surface area contributed by atoms with Gasteiger partial charge in [-0.15, -0.1) is 0 Å². The lowest BCUT2D eigenvalue weighted by Gasteiger charge is -2.28. The summed E-state index contributed by atoms with van der Waals surface area (Å²) in [7, 11) is 0. The summed E-state index contributed by atoms with van der Waals surface area (Å²) < 4.78 is 8.23. The third-order valence-corrected chi connectivity index (χ3v) is 7.40. The molecule has 39 heavy (non-hydrogen) atoms. The van der Waals surface area contributed by atoms with E-state index < -0.39 is 0 Å². The highest BCUT2D eigenvalue weighted by Crippen LogP contribution is 2.44. The van der Waals surface area contributed by atoms with Crippen LogP contribution < -0.4 is 15.0 Å². The van der Waals surface area contributed by atoms with Crippen molar-refractivity contribution in [3.8, 4) is 22.9 Å². The van der Waals surface area contributed by atoms with Gasteiger partial charge in [-0.2, -0.15) is 0 Å². The van der Waals surface area contributed by atoms with Gasteiger partial charge in [-0.05, 0) is 110 Å². The topological polar surface area (TPSA) is 62.5 Å². The summed E-state index contributed by atoms with van der Waals surface area (Å²) in [6.07, 6.45) is 1.81. The second kappa shape index (κ2) is 10.3. The van der Waals surface area contributed by atoms with E-state index in [9.17, 15) is 5.11 Å². The Bertz CT molecular complexity index is 1600. The van der Waals surface area contributed by atoms with Crippen molar-refractivity contribution in [3.05, 3.63) is 132 Å². The Hall–Kier alpha value is -4.62. The maximum Gasteiger partial charge on any atom is 0.174 e. The number of aryl methyl sites for hydroxylation is 1. The van der Waals surface area contributed by atoms with Crippen LogP contribution in [-0.2, 0) is 0 Å². The SMILES string of the molecule is Cc1cc([C@@H]2[C@H](c3ccccn3)NC(=S)N2c2ccc(Oc3ccccc3)cc2)c(C)n1-c1ccc(O)cc1. The summed E-state index contributed by atoms with van der Waals surface area (Å²) in [6, 6.07) is 32.9. The fraction of sp³-hybridized carbons (Fsp3) is 0.125. The minimum absolute atomic E-state index is 0.134. The number of nitrogens with one attached hydrogen (secondary N) is 1. The van der Waals surface area contributed by atoms with Gasteiger partial charge in [-0.1, -0.05) is 24.3 Å². The van der Waals surface area contributed by atoms with Crippen LogP contribution in [0.1, 0.15) is 34.7 Å². The molecule has 5 aromatic rings. The van der Waals surface area contributed by atoms with Gasteiger partial charge in [0, 0.05) is 29.0 Å². The van der Waals surface area contributed by atoms with Crippen molar-refractivity contribution < 1.29 is 9.84 Å². The van der Waals surface area contributed by atoms with Crippen LogP contribution in [-0.4, -0.2) is 19.8 Å². The van der Waals surface area contributed by atoms with E-state index in [1.807, 2.05) is 91.1 Å². The lowest BCUT2D eigenvalue weighted by Crippen LogP contribution is -2.29. The standard InChI is InChI=1S/C32H28N4O2S/c1-21-20-28(22(2)35(21)23-11-15-25(37)16-12-23)31-30(29-10-6-7-19-33-29)34-32(39)36(31)24-13-17-27(18-14-24)38-26-8-4-3-5-9-26/h3-20,30-31,37H,1-2H3,(H,34,39)/t30-,31+/m0/s1. The van der Waals surface area contributed by atoms with Crippen molar-refractivity contribution in [3.63, 3.8) is 0 Å². The first-order valence-electron chi connectivity index (χ1n) is 12.8. The highest BCUT2D eigenvalue weighted by molar-refractivity contribution is 7.80. The Labute approximate surface area is 233 Å². The number of nitrogens with zero attached hydrogens (tertiary/aromatic N) is 3. The third kappa shape index (κ3) is 4.73. The summed E-state index contributed by atoms with van der Waals surface area (Å²) in [4.78, 5) is 6.85. The van der Waals surface area contributed by atoms with Gasteiger partial charge in [0.05, 0.1) is 17.8 Å². The Morgan fingerprint density at radius 3 is 2.18 bits per heavy atom. The van der Waals surface area contributed by atoms with Crippen molar-refractivity contribution in [1.82, 2.24) is 14.9 Å². The molecule has 0 amide bonds. The number of thiocarbonyl (C=S) groups is 1. The summed E-state index contributed by atoms with van der Waals surface area (Å²) in [6.45, 7) is 4.22. The fourth-order valence-electron chi connectivity index (χ4n) is 5.33. The van der Waals surface area contributed by atoms with E-state index >= 15 is 0 Å². The molecule has 2 aromatic heterocycles. The lowest BCUT2D eigenvalue weighted by atomic mass is 9.96. The molecule has 3 aromatic carbocycles. The number of phenolic OH excluding ortho intramolecular Hbond substituents is 1. The van der Waals surface area contributed by atoms with Crippen molar-refractivity contribution in [1.29, 1.82) is 0 Å². The smallest absolute Gasteiger partial charge is 0.174 e. The van der Waals surface area contributed by atoms with Crippen LogP contribution in [0.2, 0.25) is 0 Å². The molecule has 194 valence electrons.